The van der Waals surface area contributed by atoms with E-state index in [9.17, 15) is 4.39 Å². The summed E-state index contributed by atoms with van der Waals surface area (Å²) in [6.07, 6.45) is 0. The van der Waals surface area contributed by atoms with Crippen molar-refractivity contribution < 1.29 is 8.81 Å². The molecule has 4 aromatic carbocycles. The number of aromatic nitrogens is 4. The van der Waals surface area contributed by atoms with Crippen LogP contribution in [0.25, 0.3) is 61.1 Å². The maximum Gasteiger partial charge on any atom is 0.188 e. The molecule has 7 aromatic rings. The van der Waals surface area contributed by atoms with Crippen LogP contribution in [0, 0.1) is 5.82 Å². The Kier molecular flexibility index (Phi) is 3.67. The molecule has 3 heterocycles. The molecule has 0 radical (unpaired) electrons. The van der Waals surface area contributed by atoms with E-state index in [1.807, 2.05) is 83.4 Å². The van der Waals surface area contributed by atoms with Crippen LogP contribution in [0.2, 0.25) is 0 Å². The van der Waals surface area contributed by atoms with Crippen LogP contribution in [0.1, 0.15) is 0 Å². The van der Waals surface area contributed by atoms with Crippen LogP contribution in [0.3, 0.4) is 0 Å². The number of para-hydroxylation sites is 2. The van der Waals surface area contributed by atoms with Crippen molar-refractivity contribution in [2.45, 2.75) is 0 Å². The minimum Gasteiger partial charge on any atom is -0.455 e. The van der Waals surface area contributed by atoms with E-state index in [0.717, 1.165) is 27.5 Å². The fourth-order valence-corrected chi connectivity index (χ4v) is 4.51. The molecule has 0 amide bonds. The third kappa shape index (κ3) is 2.55. The quantitative estimate of drug-likeness (QED) is 0.307. The Balaban J connectivity index is 1.66. The molecule has 33 heavy (non-hydrogen) atoms. The number of furan rings is 1. The lowest BCUT2D eigenvalue weighted by Crippen LogP contribution is -1.99. The second-order valence-corrected chi connectivity index (χ2v) is 7.89. The predicted octanol–water partition coefficient (Wildman–Crippen LogP) is 6.67. The molecule has 0 unspecified atom stereocenters. The standard InChI is InChI=1S/C27H15FN4O/c28-20-15-14-19(25-23(20)18-11-5-7-13-22(18)33-25)26-29-24-17-10-4-6-12-21(17)30-31-27(24)32(26)16-8-2-1-3-9-16/h1-15H. The van der Waals surface area contributed by atoms with E-state index in [1.54, 1.807) is 6.07 Å². The van der Waals surface area contributed by atoms with Gasteiger partial charge in [0.2, 0.25) is 0 Å². The molecule has 3 aromatic heterocycles. The Bertz CT molecular complexity index is 1840. The molecule has 0 aliphatic rings. The van der Waals surface area contributed by atoms with Gasteiger partial charge >= 0.3 is 0 Å². The van der Waals surface area contributed by atoms with Crippen molar-refractivity contribution in [3.63, 3.8) is 0 Å². The topological polar surface area (TPSA) is 56.7 Å². The molecule has 0 atom stereocenters. The smallest absolute Gasteiger partial charge is 0.188 e. The fraction of sp³-hybridized carbons (Fsp3) is 0. The maximum absolute atomic E-state index is 15.0. The van der Waals surface area contributed by atoms with Gasteiger partial charge in [0.05, 0.1) is 16.5 Å². The highest BCUT2D eigenvalue weighted by Gasteiger charge is 2.23. The van der Waals surface area contributed by atoms with Crippen molar-refractivity contribution in [2.24, 2.45) is 0 Å². The van der Waals surface area contributed by atoms with Crippen molar-refractivity contribution in [2.75, 3.05) is 0 Å². The SMILES string of the molecule is Fc1ccc(-c2nc3c4ccccc4nnc3n2-c2ccccc2)c2oc3ccccc3c12. The number of nitrogens with zero attached hydrogens (tertiary/aromatic N) is 4. The van der Waals surface area contributed by atoms with Gasteiger partial charge in [-0.15, -0.1) is 10.2 Å². The number of benzene rings is 4. The van der Waals surface area contributed by atoms with E-state index in [0.29, 0.717) is 33.6 Å². The fourth-order valence-electron chi connectivity index (χ4n) is 4.51. The summed E-state index contributed by atoms with van der Waals surface area (Å²) in [6.45, 7) is 0. The Labute approximate surface area is 186 Å². The molecule has 7 rings (SSSR count). The molecule has 0 spiro atoms. The summed E-state index contributed by atoms with van der Waals surface area (Å²) in [5, 5.41) is 11.0. The highest BCUT2D eigenvalue weighted by atomic mass is 19.1. The van der Waals surface area contributed by atoms with Crippen molar-refractivity contribution in [3.8, 4) is 17.1 Å². The van der Waals surface area contributed by atoms with Gasteiger partial charge in [-0.3, -0.25) is 4.57 Å². The van der Waals surface area contributed by atoms with Gasteiger partial charge in [-0.1, -0.05) is 54.6 Å². The number of fused-ring (bicyclic) bond motifs is 6. The second-order valence-electron chi connectivity index (χ2n) is 7.89. The van der Waals surface area contributed by atoms with Crippen LogP contribution in [-0.2, 0) is 0 Å². The lowest BCUT2D eigenvalue weighted by atomic mass is 10.1. The summed E-state index contributed by atoms with van der Waals surface area (Å²) in [4.78, 5) is 5.02. The molecular weight excluding hydrogens is 415 g/mol. The average Bonchev–Trinajstić information content (AvgIpc) is 3.44. The molecule has 0 saturated heterocycles. The molecule has 5 nitrogen and oxygen atoms in total. The Morgan fingerprint density at radius 3 is 2.36 bits per heavy atom. The molecule has 0 aliphatic heterocycles. The Hall–Kier alpha value is -4.58. The molecule has 0 saturated carbocycles. The van der Waals surface area contributed by atoms with Gasteiger partial charge in [0.15, 0.2) is 11.5 Å². The minimum atomic E-state index is -0.327. The summed E-state index contributed by atoms with van der Waals surface area (Å²) >= 11 is 0. The van der Waals surface area contributed by atoms with Crippen LogP contribution >= 0.6 is 0 Å². The zero-order chi connectivity index (χ0) is 21.9. The zero-order valence-electron chi connectivity index (χ0n) is 17.2. The lowest BCUT2D eigenvalue weighted by Gasteiger charge is -2.09. The highest BCUT2D eigenvalue weighted by molar-refractivity contribution is 6.10. The molecule has 0 fully saturated rings. The molecule has 6 heteroatoms. The monoisotopic (exact) mass is 430 g/mol. The van der Waals surface area contributed by atoms with E-state index in [2.05, 4.69) is 10.2 Å². The Morgan fingerprint density at radius 1 is 0.727 bits per heavy atom. The van der Waals surface area contributed by atoms with Gasteiger partial charge in [-0.25, -0.2) is 9.37 Å². The molecule has 0 aliphatic carbocycles. The number of halogens is 1. The van der Waals surface area contributed by atoms with Crippen molar-refractivity contribution in [1.29, 1.82) is 0 Å². The van der Waals surface area contributed by atoms with Crippen LogP contribution in [0.15, 0.2) is 95.4 Å². The third-order valence-electron chi connectivity index (χ3n) is 6.00. The first-order valence-electron chi connectivity index (χ1n) is 10.6. The van der Waals surface area contributed by atoms with Crippen molar-refractivity contribution in [1.82, 2.24) is 19.7 Å². The van der Waals surface area contributed by atoms with E-state index < -0.39 is 0 Å². The van der Waals surface area contributed by atoms with E-state index >= 15 is 0 Å². The van der Waals surface area contributed by atoms with Gasteiger partial charge < -0.3 is 4.42 Å². The zero-order valence-corrected chi connectivity index (χ0v) is 17.2. The van der Waals surface area contributed by atoms with Gasteiger partial charge in [-0.2, -0.15) is 0 Å². The second kappa shape index (κ2) is 6.71. The predicted molar refractivity (Wildman–Crippen MR) is 127 cm³/mol. The van der Waals surface area contributed by atoms with Gasteiger partial charge in [0, 0.05) is 16.5 Å². The molecule has 156 valence electrons. The summed E-state index contributed by atoms with van der Waals surface area (Å²) in [5.41, 5.74) is 4.79. The van der Waals surface area contributed by atoms with Crippen LogP contribution in [0.5, 0.6) is 0 Å². The van der Waals surface area contributed by atoms with Crippen LogP contribution < -0.4 is 0 Å². The first kappa shape index (κ1) is 18.0. The minimum absolute atomic E-state index is 0.327. The normalized spacial score (nSPS) is 11.8. The number of hydrogen-bond donors (Lipinski definition) is 0. The summed E-state index contributed by atoms with van der Waals surface area (Å²) in [5.74, 6) is 0.289. The number of imidazole rings is 1. The maximum atomic E-state index is 15.0. The number of rotatable bonds is 2. The molecular formula is C27H15FN4O. The third-order valence-corrected chi connectivity index (χ3v) is 6.00. The van der Waals surface area contributed by atoms with E-state index in [-0.39, 0.29) is 5.82 Å². The average molecular weight is 430 g/mol. The first-order valence-corrected chi connectivity index (χ1v) is 10.6. The molecule has 0 N–H and O–H groups in total. The molecule has 0 bridgehead atoms. The number of hydrogen-bond acceptors (Lipinski definition) is 4. The van der Waals surface area contributed by atoms with Gasteiger partial charge in [-0.05, 0) is 36.4 Å². The summed E-state index contributed by atoms with van der Waals surface area (Å²) < 4.78 is 23.1. The summed E-state index contributed by atoms with van der Waals surface area (Å²) in [6, 6.07) is 28.3. The largest absolute Gasteiger partial charge is 0.455 e. The van der Waals surface area contributed by atoms with Gasteiger partial charge in [0.1, 0.15) is 22.5 Å². The lowest BCUT2D eigenvalue weighted by molar-refractivity contribution is 0.634. The Morgan fingerprint density at radius 2 is 1.48 bits per heavy atom. The van der Waals surface area contributed by atoms with E-state index in [4.69, 9.17) is 9.40 Å². The summed E-state index contributed by atoms with van der Waals surface area (Å²) in [7, 11) is 0. The van der Waals surface area contributed by atoms with Crippen LogP contribution in [-0.4, -0.2) is 19.7 Å². The first-order chi connectivity index (χ1) is 16.3. The van der Waals surface area contributed by atoms with Crippen LogP contribution in [0.4, 0.5) is 4.39 Å². The van der Waals surface area contributed by atoms with Crippen molar-refractivity contribution in [3.05, 3.63) is 96.8 Å². The van der Waals surface area contributed by atoms with Gasteiger partial charge in [0.25, 0.3) is 0 Å². The highest BCUT2D eigenvalue weighted by Crippen LogP contribution is 2.39. The van der Waals surface area contributed by atoms with E-state index in [1.165, 1.54) is 6.07 Å². The van der Waals surface area contributed by atoms with Crippen molar-refractivity contribution >= 4 is 44.0 Å².